The molecule has 4 rings (SSSR count). The molecule has 8 heteroatoms. The summed E-state index contributed by atoms with van der Waals surface area (Å²) >= 11 is 13.2. The predicted molar refractivity (Wildman–Crippen MR) is 114 cm³/mol. The second-order valence-corrected chi connectivity index (χ2v) is 7.55. The van der Waals surface area contributed by atoms with Crippen molar-refractivity contribution in [3.05, 3.63) is 34.4 Å². The number of ether oxygens (including phenoxy) is 2. The number of hydrogen-bond acceptors (Lipinski definition) is 6. The fourth-order valence-corrected chi connectivity index (χ4v) is 3.79. The Morgan fingerprint density at radius 2 is 1.79 bits per heavy atom. The Morgan fingerprint density at radius 3 is 2.39 bits per heavy atom. The van der Waals surface area contributed by atoms with Crippen molar-refractivity contribution in [2.75, 3.05) is 31.8 Å². The highest BCUT2D eigenvalue weighted by molar-refractivity contribution is 6.41. The fraction of sp³-hybridized carbons (Fsp3) is 0.300. The first-order chi connectivity index (χ1) is 13.5. The number of nitrogens with zero attached hydrogens (tertiary/aromatic N) is 2. The molecule has 0 bridgehead atoms. The van der Waals surface area contributed by atoms with E-state index in [4.69, 9.17) is 43.4 Å². The first-order valence-electron chi connectivity index (χ1n) is 8.92. The van der Waals surface area contributed by atoms with E-state index in [1.54, 1.807) is 26.5 Å². The Kier molecular flexibility index (Phi) is 5.08. The average molecular weight is 419 g/mol. The summed E-state index contributed by atoms with van der Waals surface area (Å²) in [5.74, 6) is 2.77. The van der Waals surface area contributed by atoms with Crippen molar-refractivity contribution in [3.63, 3.8) is 0 Å². The van der Waals surface area contributed by atoms with Crippen LogP contribution in [0.4, 0.5) is 11.6 Å². The molecule has 1 aliphatic rings. The Balaban J connectivity index is 1.92. The summed E-state index contributed by atoms with van der Waals surface area (Å²) < 4.78 is 10.8. The van der Waals surface area contributed by atoms with E-state index in [0.717, 1.165) is 23.1 Å². The van der Waals surface area contributed by atoms with E-state index < -0.39 is 0 Å². The monoisotopic (exact) mass is 418 g/mol. The van der Waals surface area contributed by atoms with Crippen molar-refractivity contribution in [1.82, 2.24) is 9.97 Å². The third kappa shape index (κ3) is 3.50. The quantitative estimate of drug-likeness (QED) is 0.584. The van der Waals surface area contributed by atoms with Crippen molar-refractivity contribution in [3.8, 4) is 22.8 Å². The molecule has 0 amide bonds. The zero-order chi connectivity index (χ0) is 19.8. The van der Waals surface area contributed by atoms with Gasteiger partial charge in [-0.05, 0) is 30.9 Å². The van der Waals surface area contributed by atoms with Gasteiger partial charge in [-0.3, -0.25) is 0 Å². The van der Waals surface area contributed by atoms with Crippen molar-refractivity contribution in [1.29, 1.82) is 0 Å². The molecular formula is C20H20Cl2N4O2. The highest BCUT2D eigenvalue weighted by Gasteiger charge is 2.23. The molecule has 146 valence electrons. The molecule has 1 aliphatic carbocycles. The topological polar surface area (TPSA) is 82.3 Å². The Hall–Kier alpha value is -2.44. The first-order valence-corrected chi connectivity index (χ1v) is 9.68. The van der Waals surface area contributed by atoms with Gasteiger partial charge in [-0.1, -0.05) is 23.2 Å². The van der Waals surface area contributed by atoms with Crippen LogP contribution in [-0.2, 0) is 0 Å². The maximum absolute atomic E-state index is 6.58. The number of methoxy groups -OCH3 is 2. The number of nitrogens with one attached hydrogen (secondary N) is 1. The van der Waals surface area contributed by atoms with Gasteiger partial charge in [0.15, 0.2) is 0 Å². The molecular weight excluding hydrogens is 399 g/mol. The normalized spacial score (nSPS) is 13.6. The van der Waals surface area contributed by atoms with Crippen LogP contribution in [0.3, 0.4) is 0 Å². The highest BCUT2D eigenvalue weighted by Crippen LogP contribution is 2.46. The Labute approximate surface area is 173 Å². The minimum absolute atomic E-state index is 0.372. The lowest BCUT2D eigenvalue weighted by Crippen LogP contribution is -2.07. The molecule has 0 radical (unpaired) electrons. The van der Waals surface area contributed by atoms with Gasteiger partial charge in [0.05, 0.1) is 30.0 Å². The van der Waals surface area contributed by atoms with Crippen molar-refractivity contribution in [2.45, 2.75) is 12.8 Å². The van der Waals surface area contributed by atoms with Gasteiger partial charge in [-0.25, -0.2) is 9.97 Å². The lowest BCUT2D eigenvalue weighted by atomic mass is 10.1. The molecule has 28 heavy (non-hydrogen) atoms. The third-order valence-corrected chi connectivity index (χ3v) is 5.57. The van der Waals surface area contributed by atoms with Crippen molar-refractivity contribution >= 4 is 45.6 Å². The van der Waals surface area contributed by atoms with E-state index in [1.807, 2.05) is 12.1 Å². The highest BCUT2D eigenvalue weighted by atomic mass is 35.5. The Morgan fingerprint density at radius 1 is 1.11 bits per heavy atom. The second-order valence-electron chi connectivity index (χ2n) is 6.79. The van der Waals surface area contributed by atoms with E-state index in [0.29, 0.717) is 44.5 Å². The molecule has 0 saturated heterocycles. The summed E-state index contributed by atoms with van der Waals surface area (Å²) in [4.78, 5) is 9.02. The van der Waals surface area contributed by atoms with Crippen LogP contribution >= 0.6 is 23.2 Å². The smallest absolute Gasteiger partial charge is 0.141 e. The third-order valence-electron chi connectivity index (χ3n) is 4.82. The molecule has 0 aliphatic heterocycles. The minimum Gasteiger partial charge on any atom is -0.495 e. The Bertz CT molecular complexity index is 1030. The molecule has 2 heterocycles. The predicted octanol–water partition coefficient (Wildman–Crippen LogP) is 5.02. The zero-order valence-corrected chi connectivity index (χ0v) is 17.1. The molecule has 1 fully saturated rings. The van der Waals surface area contributed by atoms with E-state index >= 15 is 0 Å². The number of aromatic nitrogens is 2. The van der Waals surface area contributed by atoms with Crippen LogP contribution in [0.1, 0.15) is 12.8 Å². The summed E-state index contributed by atoms with van der Waals surface area (Å²) in [6, 6.07) is 5.36. The molecule has 6 nitrogen and oxygen atoms in total. The van der Waals surface area contributed by atoms with Crippen molar-refractivity contribution in [2.24, 2.45) is 5.92 Å². The van der Waals surface area contributed by atoms with E-state index in [-0.39, 0.29) is 0 Å². The lowest BCUT2D eigenvalue weighted by Gasteiger charge is -2.16. The summed E-state index contributed by atoms with van der Waals surface area (Å²) in [6.45, 7) is 0.858. The maximum Gasteiger partial charge on any atom is 0.141 e. The molecule has 0 spiro atoms. The number of nitrogen functional groups attached to an aromatic ring is 1. The number of halogens is 2. The lowest BCUT2D eigenvalue weighted by molar-refractivity contribution is 0.395. The fourth-order valence-electron chi connectivity index (χ4n) is 3.10. The van der Waals surface area contributed by atoms with Gasteiger partial charge in [0.25, 0.3) is 0 Å². The van der Waals surface area contributed by atoms with Crippen LogP contribution in [0, 0.1) is 5.92 Å². The van der Waals surface area contributed by atoms with Gasteiger partial charge in [0.2, 0.25) is 0 Å². The van der Waals surface area contributed by atoms with Crippen LogP contribution in [0.5, 0.6) is 11.5 Å². The van der Waals surface area contributed by atoms with Crippen LogP contribution in [-0.4, -0.2) is 30.7 Å². The standard InChI is InChI=1S/C20H20Cl2N4O2/c1-27-14-7-15(28-2)19(22)17(18(14)21)13-5-11-9-24-16(23)6-12(11)20(26-13)25-8-10-3-4-10/h5-7,9-10H,3-4,8H2,1-2H3,(H2,23,24)(H,25,26). The molecule has 3 aromatic rings. The summed E-state index contributed by atoms with van der Waals surface area (Å²) in [6.07, 6.45) is 4.19. The number of pyridine rings is 2. The van der Waals surface area contributed by atoms with E-state index in [1.165, 1.54) is 12.8 Å². The van der Waals surface area contributed by atoms with Crippen LogP contribution in [0.25, 0.3) is 22.0 Å². The van der Waals surface area contributed by atoms with Crippen LogP contribution in [0.2, 0.25) is 10.0 Å². The maximum atomic E-state index is 6.58. The van der Waals surface area contributed by atoms with Gasteiger partial charge in [0, 0.05) is 35.1 Å². The molecule has 1 aromatic carbocycles. The van der Waals surface area contributed by atoms with Gasteiger partial charge in [-0.15, -0.1) is 0 Å². The van der Waals surface area contributed by atoms with Gasteiger partial charge in [0.1, 0.15) is 23.1 Å². The number of nitrogens with two attached hydrogens (primary N) is 1. The second kappa shape index (κ2) is 7.53. The first kappa shape index (κ1) is 18.9. The van der Waals surface area contributed by atoms with Crippen molar-refractivity contribution < 1.29 is 9.47 Å². The van der Waals surface area contributed by atoms with Gasteiger partial charge < -0.3 is 20.5 Å². The number of fused-ring (bicyclic) bond motifs is 1. The molecule has 1 saturated carbocycles. The number of benzene rings is 1. The van der Waals surface area contributed by atoms with E-state index in [2.05, 4.69) is 10.3 Å². The largest absolute Gasteiger partial charge is 0.495 e. The van der Waals surface area contributed by atoms with Gasteiger partial charge in [-0.2, -0.15) is 0 Å². The molecule has 3 N–H and O–H groups in total. The number of anilines is 2. The summed E-state index contributed by atoms with van der Waals surface area (Å²) in [5.41, 5.74) is 7.04. The van der Waals surface area contributed by atoms with Gasteiger partial charge >= 0.3 is 0 Å². The molecule has 0 unspecified atom stereocenters. The average Bonchev–Trinajstić information content (AvgIpc) is 3.51. The minimum atomic E-state index is 0.372. The SMILES string of the molecule is COc1cc(OC)c(Cl)c(-c2cc3cnc(N)cc3c(NCC3CC3)n2)c1Cl. The summed E-state index contributed by atoms with van der Waals surface area (Å²) in [7, 11) is 3.09. The van der Waals surface area contributed by atoms with Crippen LogP contribution in [0.15, 0.2) is 24.4 Å². The summed E-state index contributed by atoms with van der Waals surface area (Å²) in [5, 5.41) is 5.97. The van der Waals surface area contributed by atoms with E-state index in [9.17, 15) is 0 Å². The van der Waals surface area contributed by atoms with Crippen LogP contribution < -0.4 is 20.5 Å². The zero-order valence-electron chi connectivity index (χ0n) is 15.6. The molecule has 2 aromatic heterocycles. The number of hydrogen-bond donors (Lipinski definition) is 2. The number of rotatable bonds is 6. The molecule has 0 atom stereocenters.